The number of hydrogen-bond donors (Lipinski definition) is 0. The Kier molecular flexibility index (Phi) is 4.53. The predicted octanol–water partition coefficient (Wildman–Crippen LogP) is 4.50. The van der Waals surface area contributed by atoms with E-state index in [0.29, 0.717) is 27.8 Å². The van der Waals surface area contributed by atoms with Gasteiger partial charge in [-0.25, -0.2) is 0 Å². The molecule has 136 valence electrons. The number of benzene rings is 1. The van der Waals surface area contributed by atoms with Crippen molar-refractivity contribution in [3.63, 3.8) is 0 Å². The minimum absolute atomic E-state index is 0.370. The SMILES string of the molecule is FC(F)(F)c1cccc(CSc2ccc3nnc(-c4ccncc4)n3n2)c1. The highest BCUT2D eigenvalue weighted by atomic mass is 32.2. The molecule has 0 N–H and O–H groups in total. The maximum Gasteiger partial charge on any atom is 0.416 e. The summed E-state index contributed by atoms with van der Waals surface area (Å²) < 4.78 is 40.1. The number of fused-ring (bicyclic) bond motifs is 1. The van der Waals surface area contributed by atoms with Crippen LogP contribution in [-0.2, 0) is 11.9 Å². The average Bonchev–Trinajstić information content (AvgIpc) is 3.10. The van der Waals surface area contributed by atoms with Crippen molar-refractivity contribution in [1.29, 1.82) is 0 Å². The third-order valence-corrected chi connectivity index (χ3v) is 4.81. The molecule has 0 bridgehead atoms. The summed E-state index contributed by atoms with van der Waals surface area (Å²) in [6.45, 7) is 0. The molecule has 9 heteroatoms. The first-order chi connectivity index (χ1) is 13.0. The maximum atomic E-state index is 12.8. The van der Waals surface area contributed by atoms with E-state index in [9.17, 15) is 13.2 Å². The zero-order chi connectivity index (χ0) is 18.9. The lowest BCUT2D eigenvalue weighted by molar-refractivity contribution is -0.137. The summed E-state index contributed by atoms with van der Waals surface area (Å²) in [6, 6.07) is 12.5. The number of pyridine rings is 1. The molecule has 0 atom stereocenters. The molecule has 0 aliphatic heterocycles. The Hall–Kier alpha value is -2.94. The van der Waals surface area contributed by atoms with Gasteiger partial charge < -0.3 is 0 Å². The third kappa shape index (κ3) is 3.77. The van der Waals surface area contributed by atoms with Crippen LogP contribution in [0.25, 0.3) is 17.0 Å². The van der Waals surface area contributed by atoms with Gasteiger partial charge >= 0.3 is 6.18 Å². The Morgan fingerprint density at radius 1 is 0.963 bits per heavy atom. The van der Waals surface area contributed by atoms with Gasteiger partial charge in [0.2, 0.25) is 0 Å². The highest BCUT2D eigenvalue weighted by Gasteiger charge is 2.30. The van der Waals surface area contributed by atoms with Gasteiger partial charge in [0, 0.05) is 23.7 Å². The Labute approximate surface area is 156 Å². The zero-order valence-electron chi connectivity index (χ0n) is 13.8. The molecular weight excluding hydrogens is 375 g/mol. The number of nitrogens with zero attached hydrogens (tertiary/aromatic N) is 5. The van der Waals surface area contributed by atoms with Crippen LogP contribution in [0.2, 0.25) is 0 Å². The summed E-state index contributed by atoms with van der Waals surface area (Å²) in [4.78, 5) is 3.98. The van der Waals surface area contributed by atoms with E-state index in [-0.39, 0.29) is 0 Å². The van der Waals surface area contributed by atoms with Crippen LogP contribution in [0.4, 0.5) is 13.2 Å². The van der Waals surface area contributed by atoms with Crippen LogP contribution in [0.15, 0.2) is 66.0 Å². The van der Waals surface area contributed by atoms with E-state index in [1.54, 1.807) is 47.2 Å². The Morgan fingerprint density at radius 3 is 2.56 bits per heavy atom. The number of rotatable bonds is 4. The molecule has 4 rings (SSSR count). The first-order valence-electron chi connectivity index (χ1n) is 7.92. The fraction of sp³-hybridized carbons (Fsp3) is 0.111. The van der Waals surface area contributed by atoms with Gasteiger partial charge in [-0.05, 0) is 35.9 Å². The summed E-state index contributed by atoms with van der Waals surface area (Å²) in [6.07, 6.45) is -1.04. The lowest BCUT2D eigenvalue weighted by Gasteiger charge is -2.08. The Morgan fingerprint density at radius 2 is 1.78 bits per heavy atom. The molecular formula is C18H12F3N5S. The molecule has 4 aromatic rings. The molecule has 3 heterocycles. The van der Waals surface area contributed by atoms with Crippen LogP contribution in [0.3, 0.4) is 0 Å². The zero-order valence-corrected chi connectivity index (χ0v) is 14.6. The molecule has 27 heavy (non-hydrogen) atoms. The third-order valence-electron chi connectivity index (χ3n) is 3.82. The van der Waals surface area contributed by atoms with Gasteiger partial charge in [0.25, 0.3) is 0 Å². The minimum Gasteiger partial charge on any atom is -0.265 e. The first-order valence-corrected chi connectivity index (χ1v) is 8.91. The summed E-state index contributed by atoms with van der Waals surface area (Å²) in [7, 11) is 0. The van der Waals surface area contributed by atoms with Gasteiger partial charge in [-0.2, -0.15) is 22.8 Å². The Balaban J connectivity index is 1.58. The fourth-order valence-electron chi connectivity index (χ4n) is 2.52. The molecule has 0 unspecified atom stereocenters. The molecule has 0 saturated carbocycles. The lowest BCUT2D eigenvalue weighted by Crippen LogP contribution is -2.05. The van der Waals surface area contributed by atoms with Crippen LogP contribution < -0.4 is 0 Å². The maximum absolute atomic E-state index is 12.8. The van der Waals surface area contributed by atoms with Crippen LogP contribution in [0, 0.1) is 0 Å². The van der Waals surface area contributed by atoms with Crippen LogP contribution in [0.1, 0.15) is 11.1 Å². The lowest BCUT2D eigenvalue weighted by atomic mass is 10.1. The summed E-state index contributed by atoms with van der Waals surface area (Å²) in [5.74, 6) is 0.948. The van der Waals surface area contributed by atoms with Gasteiger partial charge in [0.05, 0.1) is 5.56 Å². The largest absolute Gasteiger partial charge is 0.416 e. The standard InChI is InChI=1S/C18H12F3N5S/c19-18(20,21)14-3-1-2-12(10-14)11-27-16-5-4-15-23-24-17(26(15)25-16)13-6-8-22-9-7-13/h1-10H,11H2. The van der Waals surface area contributed by atoms with Crippen molar-refractivity contribution in [3.05, 3.63) is 72.1 Å². The molecule has 0 radical (unpaired) electrons. The molecule has 0 aliphatic rings. The molecule has 0 amide bonds. The second-order valence-electron chi connectivity index (χ2n) is 5.69. The molecule has 0 fully saturated rings. The van der Waals surface area contributed by atoms with E-state index < -0.39 is 11.7 Å². The number of hydrogen-bond acceptors (Lipinski definition) is 5. The summed E-state index contributed by atoms with van der Waals surface area (Å²) >= 11 is 1.35. The normalized spacial score (nSPS) is 11.8. The van der Waals surface area contributed by atoms with E-state index in [4.69, 9.17) is 0 Å². The topological polar surface area (TPSA) is 56.0 Å². The molecule has 0 aliphatic carbocycles. The highest BCUT2D eigenvalue weighted by molar-refractivity contribution is 7.98. The second-order valence-corrected chi connectivity index (χ2v) is 6.68. The van der Waals surface area contributed by atoms with E-state index in [0.717, 1.165) is 17.7 Å². The second kappa shape index (κ2) is 6.99. The van der Waals surface area contributed by atoms with Gasteiger partial charge in [-0.15, -0.1) is 10.2 Å². The molecule has 1 aromatic carbocycles. The molecule has 5 nitrogen and oxygen atoms in total. The van der Waals surface area contributed by atoms with E-state index in [1.165, 1.54) is 17.8 Å². The predicted molar refractivity (Wildman–Crippen MR) is 95.0 cm³/mol. The van der Waals surface area contributed by atoms with Crippen molar-refractivity contribution < 1.29 is 13.2 Å². The molecule has 0 saturated heterocycles. The van der Waals surface area contributed by atoms with Crippen LogP contribution >= 0.6 is 11.8 Å². The number of alkyl halides is 3. The summed E-state index contributed by atoms with van der Waals surface area (Å²) in [5.41, 5.74) is 1.34. The quantitative estimate of drug-likeness (QED) is 0.483. The fourth-order valence-corrected chi connectivity index (χ4v) is 3.32. The van der Waals surface area contributed by atoms with E-state index in [1.807, 2.05) is 0 Å². The van der Waals surface area contributed by atoms with Crippen molar-refractivity contribution in [1.82, 2.24) is 24.8 Å². The molecule has 0 spiro atoms. The van der Waals surface area contributed by atoms with E-state index >= 15 is 0 Å². The average molecular weight is 387 g/mol. The number of halogens is 3. The minimum atomic E-state index is -4.35. The van der Waals surface area contributed by atoms with Crippen molar-refractivity contribution in [2.24, 2.45) is 0 Å². The number of aromatic nitrogens is 5. The first kappa shape index (κ1) is 17.5. The smallest absolute Gasteiger partial charge is 0.265 e. The Bertz CT molecular complexity index is 1080. The molecule has 3 aromatic heterocycles. The van der Waals surface area contributed by atoms with Crippen molar-refractivity contribution in [3.8, 4) is 11.4 Å². The van der Waals surface area contributed by atoms with Crippen molar-refractivity contribution in [2.45, 2.75) is 17.0 Å². The van der Waals surface area contributed by atoms with Crippen molar-refractivity contribution in [2.75, 3.05) is 0 Å². The highest BCUT2D eigenvalue weighted by Crippen LogP contribution is 2.31. The van der Waals surface area contributed by atoms with Crippen LogP contribution in [-0.4, -0.2) is 24.8 Å². The number of thioether (sulfide) groups is 1. The van der Waals surface area contributed by atoms with Gasteiger partial charge in [-0.1, -0.05) is 30.0 Å². The van der Waals surface area contributed by atoms with E-state index in [2.05, 4.69) is 20.3 Å². The monoisotopic (exact) mass is 387 g/mol. The summed E-state index contributed by atoms with van der Waals surface area (Å²) in [5, 5.41) is 13.4. The van der Waals surface area contributed by atoms with Gasteiger partial charge in [0.15, 0.2) is 11.5 Å². The van der Waals surface area contributed by atoms with Gasteiger partial charge in [0.1, 0.15) is 5.03 Å². The van der Waals surface area contributed by atoms with Gasteiger partial charge in [-0.3, -0.25) is 4.98 Å². The van der Waals surface area contributed by atoms with Crippen LogP contribution in [0.5, 0.6) is 0 Å². The van der Waals surface area contributed by atoms with Crippen molar-refractivity contribution >= 4 is 17.4 Å².